The highest BCUT2D eigenvalue weighted by Gasteiger charge is 2.21. The number of nitrogens with two attached hydrogens (primary N) is 1. The number of aromatic nitrogens is 1. The molecule has 0 aliphatic rings. The molecule has 0 saturated carbocycles. The van der Waals surface area contributed by atoms with Crippen molar-refractivity contribution in [1.82, 2.24) is 4.57 Å². The van der Waals surface area contributed by atoms with Gasteiger partial charge in [-0.2, -0.15) is 0 Å². The van der Waals surface area contributed by atoms with Gasteiger partial charge in [-0.1, -0.05) is 0 Å². The van der Waals surface area contributed by atoms with Gasteiger partial charge in [0.05, 0.1) is 18.2 Å². The van der Waals surface area contributed by atoms with Crippen LogP contribution in [0.4, 0.5) is 10.5 Å². The number of esters is 1. The lowest BCUT2D eigenvalue weighted by molar-refractivity contribution is 0.0542. The van der Waals surface area contributed by atoms with E-state index in [4.69, 9.17) is 15.2 Å². The smallest absolute Gasteiger partial charge is 0.418 e. The fourth-order valence-corrected chi connectivity index (χ4v) is 2.01. The van der Waals surface area contributed by atoms with E-state index in [0.29, 0.717) is 22.2 Å². The van der Waals surface area contributed by atoms with E-state index in [-0.39, 0.29) is 0 Å². The predicted molar refractivity (Wildman–Crippen MR) is 79.3 cm³/mol. The molecule has 0 bridgehead atoms. The van der Waals surface area contributed by atoms with Gasteiger partial charge in [0.1, 0.15) is 5.60 Å². The summed E-state index contributed by atoms with van der Waals surface area (Å²) < 4.78 is 11.4. The Morgan fingerprint density at radius 1 is 1.24 bits per heavy atom. The van der Waals surface area contributed by atoms with Crippen LogP contribution in [-0.2, 0) is 9.47 Å². The fraction of sp³-hybridized carbons (Fsp3) is 0.333. The average Bonchev–Trinajstić information content (AvgIpc) is 2.78. The minimum absolute atomic E-state index is 0.315. The molecule has 0 radical (unpaired) electrons. The monoisotopic (exact) mass is 290 g/mol. The standard InChI is InChI=1S/C15H18N2O4/c1-15(2,3)21-14(19)17-6-5-10-11(13(18)20-4)7-9(16)8-12(10)17/h5-8H,16H2,1-4H3. The van der Waals surface area contributed by atoms with Crippen molar-refractivity contribution in [2.45, 2.75) is 26.4 Å². The Bertz CT molecular complexity index is 710. The summed E-state index contributed by atoms with van der Waals surface area (Å²) in [5.41, 5.74) is 6.37. The van der Waals surface area contributed by atoms with Crippen molar-refractivity contribution < 1.29 is 19.1 Å². The van der Waals surface area contributed by atoms with Crippen LogP contribution in [0.25, 0.3) is 10.9 Å². The van der Waals surface area contributed by atoms with E-state index in [1.54, 1.807) is 39.1 Å². The number of rotatable bonds is 1. The molecule has 0 unspecified atom stereocenters. The van der Waals surface area contributed by atoms with Gasteiger partial charge in [0.15, 0.2) is 0 Å². The highest BCUT2D eigenvalue weighted by molar-refractivity contribution is 6.07. The number of carbonyl (C=O) groups is 2. The molecule has 6 nitrogen and oxygen atoms in total. The molecule has 0 amide bonds. The van der Waals surface area contributed by atoms with Gasteiger partial charge >= 0.3 is 12.1 Å². The number of fused-ring (bicyclic) bond motifs is 1. The largest absolute Gasteiger partial charge is 0.465 e. The summed E-state index contributed by atoms with van der Waals surface area (Å²) in [5, 5.41) is 0.585. The molecule has 112 valence electrons. The Morgan fingerprint density at radius 2 is 1.90 bits per heavy atom. The number of benzene rings is 1. The SMILES string of the molecule is COC(=O)c1cc(N)cc2c1ccn2C(=O)OC(C)(C)C. The van der Waals surface area contributed by atoms with E-state index < -0.39 is 17.7 Å². The van der Waals surface area contributed by atoms with E-state index in [2.05, 4.69) is 0 Å². The number of nitrogen functional groups attached to an aromatic ring is 1. The number of methoxy groups -OCH3 is 1. The van der Waals surface area contributed by atoms with Crippen LogP contribution in [0.2, 0.25) is 0 Å². The molecule has 0 spiro atoms. The molecule has 0 fully saturated rings. The summed E-state index contributed by atoms with van der Waals surface area (Å²) in [4.78, 5) is 24.0. The molecule has 0 aliphatic heterocycles. The third-order valence-corrected chi connectivity index (χ3v) is 2.83. The Labute approximate surface area is 122 Å². The van der Waals surface area contributed by atoms with Gasteiger partial charge in [0, 0.05) is 17.3 Å². The van der Waals surface area contributed by atoms with E-state index in [1.165, 1.54) is 17.7 Å². The summed E-state index contributed by atoms with van der Waals surface area (Å²) in [7, 11) is 1.29. The van der Waals surface area contributed by atoms with Gasteiger partial charge in [0.25, 0.3) is 0 Å². The lowest BCUT2D eigenvalue weighted by atomic mass is 10.1. The summed E-state index contributed by atoms with van der Waals surface area (Å²) in [6.45, 7) is 5.35. The number of ether oxygens (including phenoxy) is 2. The van der Waals surface area contributed by atoms with Gasteiger partial charge in [-0.3, -0.25) is 4.57 Å². The number of hydrogen-bond acceptors (Lipinski definition) is 5. The second-order valence-corrected chi connectivity index (χ2v) is 5.66. The Hall–Kier alpha value is -2.50. The number of nitrogens with zero attached hydrogens (tertiary/aromatic N) is 1. The maximum Gasteiger partial charge on any atom is 0.418 e. The molecule has 2 aromatic rings. The molecule has 2 N–H and O–H groups in total. The number of anilines is 1. The van der Waals surface area contributed by atoms with Crippen LogP contribution in [0.5, 0.6) is 0 Å². The third-order valence-electron chi connectivity index (χ3n) is 2.83. The van der Waals surface area contributed by atoms with Crippen LogP contribution in [0.1, 0.15) is 31.1 Å². The zero-order valence-corrected chi connectivity index (χ0v) is 12.5. The molecule has 1 aromatic carbocycles. The molecular weight excluding hydrogens is 272 g/mol. The van der Waals surface area contributed by atoms with Gasteiger partial charge in [-0.15, -0.1) is 0 Å². The van der Waals surface area contributed by atoms with Crippen molar-refractivity contribution >= 4 is 28.7 Å². The maximum atomic E-state index is 12.2. The van der Waals surface area contributed by atoms with E-state index in [9.17, 15) is 9.59 Å². The molecule has 0 saturated heterocycles. The molecule has 21 heavy (non-hydrogen) atoms. The molecule has 2 rings (SSSR count). The predicted octanol–water partition coefficient (Wildman–Crippen LogP) is 2.79. The number of carbonyl (C=O) groups excluding carboxylic acids is 2. The van der Waals surface area contributed by atoms with Crippen LogP contribution in [0, 0.1) is 0 Å². The van der Waals surface area contributed by atoms with Crippen LogP contribution in [0.15, 0.2) is 24.4 Å². The highest BCUT2D eigenvalue weighted by atomic mass is 16.6. The first-order valence-corrected chi connectivity index (χ1v) is 6.45. The normalized spacial score (nSPS) is 11.4. The zero-order valence-electron chi connectivity index (χ0n) is 12.5. The van der Waals surface area contributed by atoms with E-state index in [1.807, 2.05) is 0 Å². The zero-order chi connectivity index (χ0) is 15.8. The van der Waals surface area contributed by atoms with Crippen molar-refractivity contribution in [3.63, 3.8) is 0 Å². The topological polar surface area (TPSA) is 83.5 Å². The lowest BCUT2D eigenvalue weighted by Gasteiger charge is -2.19. The minimum atomic E-state index is -0.612. The van der Waals surface area contributed by atoms with Gasteiger partial charge in [0.2, 0.25) is 0 Å². The quantitative estimate of drug-likeness (QED) is 0.645. The van der Waals surface area contributed by atoms with E-state index in [0.717, 1.165) is 0 Å². The Balaban J connectivity index is 2.56. The first kappa shape index (κ1) is 14.9. The van der Waals surface area contributed by atoms with Gasteiger partial charge in [-0.05, 0) is 39.0 Å². The lowest BCUT2D eigenvalue weighted by Crippen LogP contribution is -2.26. The van der Waals surface area contributed by atoms with Crippen molar-refractivity contribution in [1.29, 1.82) is 0 Å². The summed E-state index contributed by atoms with van der Waals surface area (Å²) in [6, 6.07) is 4.80. The highest BCUT2D eigenvalue weighted by Crippen LogP contribution is 2.25. The van der Waals surface area contributed by atoms with E-state index >= 15 is 0 Å². The van der Waals surface area contributed by atoms with Gasteiger partial charge < -0.3 is 15.2 Å². The molecule has 1 heterocycles. The first-order chi connectivity index (χ1) is 9.73. The van der Waals surface area contributed by atoms with Crippen molar-refractivity contribution in [3.8, 4) is 0 Å². The summed E-state index contributed by atoms with van der Waals surface area (Å²) in [5.74, 6) is -0.505. The number of hydrogen-bond donors (Lipinski definition) is 1. The first-order valence-electron chi connectivity index (χ1n) is 6.45. The Morgan fingerprint density at radius 3 is 2.48 bits per heavy atom. The molecule has 0 atom stereocenters. The third kappa shape index (κ3) is 2.99. The minimum Gasteiger partial charge on any atom is -0.465 e. The van der Waals surface area contributed by atoms with Crippen molar-refractivity contribution in [2.75, 3.05) is 12.8 Å². The molecule has 0 aliphatic carbocycles. The molecule has 1 aromatic heterocycles. The van der Waals surface area contributed by atoms with Crippen molar-refractivity contribution in [3.05, 3.63) is 30.0 Å². The van der Waals surface area contributed by atoms with Crippen LogP contribution < -0.4 is 5.73 Å². The summed E-state index contributed by atoms with van der Waals surface area (Å²) >= 11 is 0. The van der Waals surface area contributed by atoms with Crippen molar-refractivity contribution in [2.24, 2.45) is 0 Å². The van der Waals surface area contributed by atoms with Crippen LogP contribution in [0.3, 0.4) is 0 Å². The second kappa shape index (κ2) is 5.12. The Kier molecular flexibility index (Phi) is 3.63. The fourth-order valence-electron chi connectivity index (χ4n) is 2.01. The second-order valence-electron chi connectivity index (χ2n) is 5.66. The summed E-state index contributed by atoms with van der Waals surface area (Å²) in [6.07, 6.45) is 1.02. The average molecular weight is 290 g/mol. The molecule has 6 heteroatoms. The van der Waals surface area contributed by atoms with Crippen LogP contribution >= 0.6 is 0 Å². The maximum absolute atomic E-state index is 12.2. The van der Waals surface area contributed by atoms with Crippen LogP contribution in [-0.4, -0.2) is 29.3 Å². The van der Waals surface area contributed by atoms with Gasteiger partial charge in [-0.25, -0.2) is 9.59 Å². The molecular formula is C15H18N2O4.